The van der Waals surface area contributed by atoms with Gasteiger partial charge in [0.2, 0.25) is 0 Å². The first-order valence-corrected chi connectivity index (χ1v) is 4.84. The molecule has 0 spiro atoms. The Balaban J connectivity index is 2.84. The maximum atomic E-state index is 9.01. The largest absolute Gasteiger partial charge is 0.394 e. The quantitative estimate of drug-likeness (QED) is 0.505. The van der Waals surface area contributed by atoms with Crippen molar-refractivity contribution >= 4 is 11.5 Å². The van der Waals surface area contributed by atoms with Crippen LogP contribution in [0.5, 0.6) is 0 Å². The van der Waals surface area contributed by atoms with Crippen molar-refractivity contribution in [1.29, 1.82) is 5.41 Å². The number of amidine groups is 1. The minimum absolute atomic E-state index is 0.0689. The fourth-order valence-electron chi connectivity index (χ4n) is 1.25. The van der Waals surface area contributed by atoms with Crippen LogP contribution in [0.3, 0.4) is 0 Å². The third kappa shape index (κ3) is 2.70. The van der Waals surface area contributed by atoms with Crippen LogP contribution in [0.2, 0.25) is 0 Å². The van der Waals surface area contributed by atoms with E-state index in [0.717, 1.165) is 5.69 Å². The van der Waals surface area contributed by atoms with E-state index < -0.39 is 0 Å². The number of aliphatic hydroxyl groups excluding tert-OH is 1. The number of rotatable bonds is 4. The van der Waals surface area contributed by atoms with Crippen molar-refractivity contribution in [3.8, 4) is 0 Å². The maximum absolute atomic E-state index is 9.01. The second-order valence-electron chi connectivity index (χ2n) is 3.60. The first-order chi connectivity index (χ1) is 7.06. The summed E-state index contributed by atoms with van der Waals surface area (Å²) in [6.45, 7) is 2.06. The van der Waals surface area contributed by atoms with E-state index in [1.54, 1.807) is 12.1 Å². The topological polar surface area (TPSA) is 73.3 Å². The van der Waals surface area contributed by atoms with Gasteiger partial charge in [0.15, 0.2) is 0 Å². The molecule has 0 aliphatic heterocycles. The second kappa shape index (κ2) is 4.79. The van der Waals surface area contributed by atoms with E-state index in [0.29, 0.717) is 5.56 Å². The number of nitrogens with zero attached hydrogens (tertiary/aromatic N) is 1. The normalized spacial score (nSPS) is 12.2. The molecule has 0 fully saturated rings. The van der Waals surface area contributed by atoms with Crippen molar-refractivity contribution in [2.45, 2.75) is 13.0 Å². The SMILES string of the molecule is CC(CO)N(C)c1ccc(C(=N)N)cc1. The summed E-state index contributed by atoms with van der Waals surface area (Å²) >= 11 is 0. The average Bonchev–Trinajstić information content (AvgIpc) is 2.27. The fourth-order valence-corrected chi connectivity index (χ4v) is 1.25. The minimum atomic E-state index is 0.0689. The van der Waals surface area contributed by atoms with Crippen LogP contribution in [-0.2, 0) is 0 Å². The molecule has 1 aromatic rings. The molecule has 0 saturated heterocycles. The van der Waals surface area contributed by atoms with E-state index in [4.69, 9.17) is 16.2 Å². The van der Waals surface area contributed by atoms with Gasteiger partial charge in [-0.15, -0.1) is 0 Å². The smallest absolute Gasteiger partial charge is 0.122 e. The van der Waals surface area contributed by atoms with E-state index >= 15 is 0 Å². The maximum Gasteiger partial charge on any atom is 0.122 e. The Hall–Kier alpha value is -1.55. The highest BCUT2D eigenvalue weighted by Crippen LogP contribution is 2.15. The van der Waals surface area contributed by atoms with Crippen LogP contribution in [0.4, 0.5) is 5.69 Å². The molecule has 4 heteroatoms. The molecule has 4 nitrogen and oxygen atoms in total. The van der Waals surface area contributed by atoms with E-state index in [2.05, 4.69) is 0 Å². The highest BCUT2D eigenvalue weighted by molar-refractivity contribution is 5.95. The molecule has 4 N–H and O–H groups in total. The number of benzene rings is 1. The van der Waals surface area contributed by atoms with Gasteiger partial charge in [-0.25, -0.2) is 0 Å². The molecule has 1 atom stereocenters. The van der Waals surface area contributed by atoms with Crippen molar-refractivity contribution in [3.05, 3.63) is 29.8 Å². The zero-order valence-corrected chi connectivity index (χ0v) is 9.07. The van der Waals surface area contributed by atoms with Gasteiger partial charge in [0.1, 0.15) is 5.84 Å². The summed E-state index contributed by atoms with van der Waals surface area (Å²) < 4.78 is 0. The van der Waals surface area contributed by atoms with Gasteiger partial charge in [-0.2, -0.15) is 0 Å². The Morgan fingerprint density at radius 3 is 2.40 bits per heavy atom. The van der Waals surface area contributed by atoms with Crippen molar-refractivity contribution < 1.29 is 5.11 Å². The fraction of sp³-hybridized carbons (Fsp3) is 0.364. The van der Waals surface area contributed by atoms with E-state index in [9.17, 15) is 0 Å². The van der Waals surface area contributed by atoms with Crippen LogP contribution in [0, 0.1) is 5.41 Å². The van der Waals surface area contributed by atoms with E-state index in [1.807, 2.05) is 31.0 Å². The van der Waals surface area contributed by atoms with Gasteiger partial charge in [0.25, 0.3) is 0 Å². The van der Waals surface area contributed by atoms with Crippen molar-refractivity contribution in [2.75, 3.05) is 18.6 Å². The third-order valence-corrected chi connectivity index (χ3v) is 2.51. The van der Waals surface area contributed by atoms with Crippen LogP contribution in [-0.4, -0.2) is 30.6 Å². The number of hydrogen-bond acceptors (Lipinski definition) is 3. The molecular formula is C11H17N3O. The lowest BCUT2D eigenvalue weighted by atomic mass is 10.1. The van der Waals surface area contributed by atoms with Crippen molar-refractivity contribution in [3.63, 3.8) is 0 Å². The molecule has 1 unspecified atom stereocenters. The number of hydrogen-bond donors (Lipinski definition) is 3. The van der Waals surface area contributed by atoms with Gasteiger partial charge in [-0.3, -0.25) is 5.41 Å². The summed E-state index contributed by atoms with van der Waals surface area (Å²) in [7, 11) is 1.92. The number of likely N-dealkylation sites (N-methyl/N-ethyl adjacent to an activating group) is 1. The summed E-state index contributed by atoms with van der Waals surface area (Å²) in [4.78, 5) is 1.98. The number of nitrogens with one attached hydrogen (secondary N) is 1. The number of anilines is 1. The van der Waals surface area contributed by atoms with Crippen molar-refractivity contribution in [1.82, 2.24) is 0 Å². The van der Waals surface area contributed by atoms with Crippen LogP contribution >= 0.6 is 0 Å². The van der Waals surface area contributed by atoms with Crippen LogP contribution in [0.15, 0.2) is 24.3 Å². The predicted molar refractivity (Wildman–Crippen MR) is 62.4 cm³/mol. The molecule has 0 radical (unpaired) electrons. The van der Waals surface area contributed by atoms with E-state index in [1.165, 1.54) is 0 Å². The summed E-state index contributed by atoms with van der Waals surface area (Å²) in [5.74, 6) is 0.0689. The zero-order valence-electron chi connectivity index (χ0n) is 9.07. The molecule has 0 saturated carbocycles. The Kier molecular flexibility index (Phi) is 3.68. The summed E-state index contributed by atoms with van der Waals surface area (Å²) in [6.07, 6.45) is 0. The minimum Gasteiger partial charge on any atom is -0.394 e. The first-order valence-electron chi connectivity index (χ1n) is 4.84. The van der Waals surface area contributed by atoms with Gasteiger partial charge in [-0.1, -0.05) is 0 Å². The molecule has 0 heterocycles. The third-order valence-electron chi connectivity index (χ3n) is 2.51. The number of nitrogen functional groups attached to an aromatic ring is 1. The lowest BCUT2D eigenvalue weighted by Gasteiger charge is -2.25. The lowest BCUT2D eigenvalue weighted by Crippen LogP contribution is -2.31. The standard InChI is InChI=1S/C11H17N3O/c1-8(7-15)14(2)10-5-3-9(4-6-10)11(12)13/h3-6,8,15H,7H2,1-2H3,(H3,12,13). The Morgan fingerprint density at radius 1 is 1.47 bits per heavy atom. The summed E-state index contributed by atoms with van der Waals surface area (Å²) in [5, 5.41) is 16.3. The highest BCUT2D eigenvalue weighted by atomic mass is 16.3. The molecule has 0 bridgehead atoms. The monoisotopic (exact) mass is 207 g/mol. The van der Waals surface area contributed by atoms with Crippen molar-refractivity contribution in [2.24, 2.45) is 5.73 Å². The number of nitrogens with two attached hydrogens (primary N) is 1. The molecular weight excluding hydrogens is 190 g/mol. The van der Waals surface area contributed by atoms with Gasteiger partial charge in [0, 0.05) is 24.3 Å². The van der Waals surface area contributed by atoms with Crippen LogP contribution in [0.25, 0.3) is 0 Å². The lowest BCUT2D eigenvalue weighted by molar-refractivity contribution is 0.270. The van der Waals surface area contributed by atoms with Gasteiger partial charge >= 0.3 is 0 Å². The summed E-state index contributed by atoms with van der Waals surface area (Å²) in [5.41, 5.74) is 7.07. The van der Waals surface area contributed by atoms with Gasteiger partial charge in [-0.05, 0) is 31.2 Å². The first kappa shape index (κ1) is 11.5. The van der Waals surface area contributed by atoms with E-state index in [-0.39, 0.29) is 18.5 Å². The van der Waals surface area contributed by atoms with Crippen LogP contribution in [0.1, 0.15) is 12.5 Å². The second-order valence-corrected chi connectivity index (χ2v) is 3.60. The predicted octanol–water partition coefficient (Wildman–Crippen LogP) is 0.788. The van der Waals surface area contributed by atoms with Crippen LogP contribution < -0.4 is 10.6 Å². The Labute approximate surface area is 89.8 Å². The molecule has 0 aliphatic rings. The highest BCUT2D eigenvalue weighted by Gasteiger charge is 2.08. The number of aliphatic hydroxyl groups is 1. The molecule has 15 heavy (non-hydrogen) atoms. The van der Waals surface area contributed by atoms with Gasteiger partial charge in [0.05, 0.1) is 6.61 Å². The molecule has 1 rings (SSSR count). The molecule has 0 aromatic heterocycles. The molecule has 1 aromatic carbocycles. The molecule has 0 amide bonds. The zero-order chi connectivity index (χ0) is 11.4. The molecule has 0 aliphatic carbocycles. The Bertz CT molecular complexity index is 334. The average molecular weight is 207 g/mol. The molecule has 82 valence electrons. The van der Waals surface area contributed by atoms with Gasteiger partial charge < -0.3 is 15.7 Å². The summed E-state index contributed by atoms with van der Waals surface area (Å²) in [6, 6.07) is 7.47. The Morgan fingerprint density at radius 2 is 2.00 bits per heavy atom.